The molecule has 0 atom stereocenters. The lowest BCUT2D eigenvalue weighted by Crippen LogP contribution is -2.47. The highest BCUT2D eigenvalue weighted by molar-refractivity contribution is 7.90. The van der Waals surface area contributed by atoms with E-state index in [1.807, 2.05) is 18.2 Å². The molecule has 2 fully saturated rings. The van der Waals surface area contributed by atoms with E-state index < -0.39 is 31.4 Å². The Balaban J connectivity index is 1.02. The van der Waals surface area contributed by atoms with Crippen LogP contribution in [0, 0.1) is 15.5 Å². The Morgan fingerprint density at radius 3 is 2.49 bits per heavy atom. The van der Waals surface area contributed by atoms with Crippen molar-refractivity contribution in [3.05, 3.63) is 117 Å². The molecule has 8 rings (SSSR count). The molecular formula is C42H44ClN7O6S. The molecule has 1 amide bonds. The van der Waals surface area contributed by atoms with Crippen LogP contribution in [0.2, 0.25) is 5.02 Å². The summed E-state index contributed by atoms with van der Waals surface area (Å²) in [7, 11) is -1.28. The lowest BCUT2D eigenvalue weighted by molar-refractivity contribution is -0.384. The van der Waals surface area contributed by atoms with Gasteiger partial charge in [0, 0.05) is 81.2 Å². The summed E-state index contributed by atoms with van der Waals surface area (Å²) in [5.41, 5.74) is 5.99. The molecule has 0 unspecified atom stereocenters. The first kappa shape index (κ1) is 38.4. The number of H-pyrrole nitrogens is 1. The number of nitro groups is 1. The molecule has 13 nitrogen and oxygen atoms in total. The molecule has 2 aliphatic carbocycles. The van der Waals surface area contributed by atoms with Crippen LogP contribution < -0.4 is 19.3 Å². The number of allylic oxidation sites excluding steroid dienone is 1. The molecule has 15 heteroatoms. The molecule has 2 N–H and O–H groups in total. The maximum Gasteiger partial charge on any atom is 0.293 e. The fourth-order valence-corrected chi connectivity index (χ4v) is 9.45. The van der Waals surface area contributed by atoms with Crippen molar-refractivity contribution in [3.8, 4) is 11.5 Å². The van der Waals surface area contributed by atoms with Gasteiger partial charge in [0.1, 0.15) is 22.8 Å². The summed E-state index contributed by atoms with van der Waals surface area (Å²) in [4.78, 5) is 38.2. The van der Waals surface area contributed by atoms with Crippen LogP contribution in [0.3, 0.4) is 0 Å². The number of nitrogens with zero attached hydrogens (tertiary/aromatic N) is 5. The number of halogens is 1. The number of benzene rings is 3. The van der Waals surface area contributed by atoms with Crippen LogP contribution in [-0.2, 0) is 10.0 Å². The molecule has 2 aromatic heterocycles. The number of amides is 1. The molecule has 296 valence electrons. The van der Waals surface area contributed by atoms with E-state index in [0.29, 0.717) is 16.8 Å². The number of rotatable bonds is 11. The highest BCUT2D eigenvalue weighted by atomic mass is 35.5. The molecule has 1 spiro atoms. The molecule has 3 aliphatic rings. The number of anilines is 2. The van der Waals surface area contributed by atoms with Crippen molar-refractivity contribution in [2.24, 2.45) is 5.41 Å². The molecule has 1 saturated carbocycles. The van der Waals surface area contributed by atoms with Crippen molar-refractivity contribution in [1.82, 2.24) is 19.6 Å². The van der Waals surface area contributed by atoms with Gasteiger partial charge in [0.25, 0.3) is 21.6 Å². The summed E-state index contributed by atoms with van der Waals surface area (Å²) in [6.45, 7) is 4.08. The maximum atomic E-state index is 13.8. The molecule has 1 saturated heterocycles. The van der Waals surface area contributed by atoms with Crippen molar-refractivity contribution in [2.45, 2.75) is 43.4 Å². The minimum atomic E-state index is -4.51. The molecule has 3 heterocycles. The van der Waals surface area contributed by atoms with Gasteiger partial charge in [-0.1, -0.05) is 35.7 Å². The van der Waals surface area contributed by atoms with Crippen molar-refractivity contribution in [1.29, 1.82) is 0 Å². The molecule has 0 radical (unpaired) electrons. The van der Waals surface area contributed by atoms with Crippen molar-refractivity contribution < 1.29 is 22.9 Å². The second-order valence-electron chi connectivity index (χ2n) is 15.5. The van der Waals surface area contributed by atoms with E-state index >= 15 is 0 Å². The van der Waals surface area contributed by atoms with Crippen molar-refractivity contribution in [2.75, 3.05) is 56.6 Å². The van der Waals surface area contributed by atoms with Crippen LogP contribution in [0.15, 0.2) is 95.7 Å². The molecule has 57 heavy (non-hydrogen) atoms. The highest BCUT2D eigenvalue weighted by Gasteiger charge is 2.41. The van der Waals surface area contributed by atoms with Crippen LogP contribution in [0.4, 0.5) is 17.1 Å². The number of aromatic nitrogens is 2. The average molecular weight is 810 g/mol. The summed E-state index contributed by atoms with van der Waals surface area (Å²) >= 11 is 6.26. The van der Waals surface area contributed by atoms with Crippen LogP contribution in [-0.4, -0.2) is 80.9 Å². The average Bonchev–Trinajstić information content (AvgIpc) is 3.66. The highest BCUT2D eigenvalue weighted by Crippen LogP contribution is 2.55. The predicted molar refractivity (Wildman–Crippen MR) is 222 cm³/mol. The van der Waals surface area contributed by atoms with Gasteiger partial charge in [0.05, 0.1) is 21.6 Å². The zero-order valence-electron chi connectivity index (χ0n) is 31.8. The van der Waals surface area contributed by atoms with Gasteiger partial charge in [0.2, 0.25) is 0 Å². The Hall–Kier alpha value is -5.44. The lowest BCUT2D eigenvalue weighted by Gasteiger charge is -2.47. The van der Waals surface area contributed by atoms with Crippen LogP contribution in [0.25, 0.3) is 16.6 Å². The SMILES string of the molecule is CN(C)c1ccc(S(=O)(=O)NC(=O)c2ccc(N3CCN(CC4=C(c5ccc(Cl)cc5)CC5(CCC5)CC4)CC3)cc2Oc2cnc3[nH]ccc3c2)cc1[N+](=O)[O-]. The van der Waals surface area contributed by atoms with E-state index in [0.717, 1.165) is 67.7 Å². The minimum absolute atomic E-state index is 0.0299. The zero-order chi connectivity index (χ0) is 39.9. The number of carbonyl (C=O) groups is 1. The number of piperazine rings is 1. The lowest BCUT2D eigenvalue weighted by atomic mass is 9.59. The number of nitro benzene ring substituents is 1. The van der Waals surface area contributed by atoms with E-state index in [9.17, 15) is 23.3 Å². The Labute approximate surface area is 336 Å². The number of aromatic amines is 1. The summed E-state index contributed by atoms with van der Waals surface area (Å²) in [6.07, 6.45) is 10.7. The summed E-state index contributed by atoms with van der Waals surface area (Å²) in [6, 6.07) is 20.5. The summed E-state index contributed by atoms with van der Waals surface area (Å²) < 4.78 is 35.3. The topological polar surface area (TPSA) is 154 Å². The van der Waals surface area contributed by atoms with Gasteiger partial charge in [0.15, 0.2) is 0 Å². The third-order valence-electron chi connectivity index (χ3n) is 11.7. The molecular weight excluding hydrogens is 766 g/mol. The van der Waals surface area contributed by atoms with Crippen LogP contribution in [0.5, 0.6) is 11.5 Å². The number of ether oxygens (including phenoxy) is 1. The standard InChI is InChI=1S/C42H44ClN7O6S/c1-47(2)37-11-9-34(24-38(37)50(52)53)57(54,55)46-41(51)35-10-8-32(23-39(35)56-33-22-29-13-17-44-40(29)45-26-33)49-20-18-48(19-21-49)27-30-12-16-42(14-3-15-42)25-36(30)28-4-6-31(43)7-5-28/h4-11,13,17,22-24,26H,3,12,14-16,18-21,25,27H2,1-2H3,(H,44,45)(H,46,51). The Morgan fingerprint density at radius 1 is 1.02 bits per heavy atom. The van der Waals surface area contributed by atoms with E-state index in [-0.39, 0.29) is 17.0 Å². The first-order valence-corrected chi connectivity index (χ1v) is 20.9. The summed E-state index contributed by atoms with van der Waals surface area (Å²) in [5, 5.41) is 13.3. The number of hydrogen-bond donors (Lipinski definition) is 2. The van der Waals surface area contributed by atoms with E-state index in [4.69, 9.17) is 16.3 Å². The number of hydrogen-bond acceptors (Lipinski definition) is 10. The Morgan fingerprint density at radius 2 is 1.79 bits per heavy atom. The normalized spacial score (nSPS) is 17.1. The summed E-state index contributed by atoms with van der Waals surface area (Å²) in [5.74, 6) is -0.452. The van der Waals surface area contributed by atoms with Crippen molar-refractivity contribution >= 4 is 61.2 Å². The monoisotopic (exact) mass is 809 g/mol. The van der Waals surface area contributed by atoms with Crippen LogP contribution >= 0.6 is 11.6 Å². The zero-order valence-corrected chi connectivity index (χ0v) is 33.4. The van der Waals surface area contributed by atoms with Crippen molar-refractivity contribution in [3.63, 3.8) is 0 Å². The second-order valence-corrected chi connectivity index (χ2v) is 17.6. The minimum Gasteiger partial charge on any atom is -0.455 e. The quantitative estimate of drug-likeness (QED) is 0.0990. The Bertz CT molecular complexity index is 2490. The van der Waals surface area contributed by atoms with Gasteiger partial charge in [-0.15, -0.1) is 0 Å². The third kappa shape index (κ3) is 8.07. The number of carbonyl (C=O) groups excluding carboxylic acids is 1. The van der Waals surface area contributed by atoms with E-state index in [2.05, 4.69) is 36.6 Å². The maximum absolute atomic E-state index is 13.8. The molecule has 5 aromatic rings. The number of nitrogens with one attached hydrogen (secondary N) is 2. The Kier molecular flexibility index (Phi) is 10.4. The fraction of sp³-hybridized carbons (Fsp3) is 0.333. The first-order valence-electron chi connectivity index (χ1n) is 19.1. The van der Waals surface area contributed by atoms with Gasteiger partial charge in [-0.05, 0) is 97.2 Å². The van der Waals surface area contributed by atoms with Gasteiger partial charge in [-0.3, -0.25) is 19.8 Å². The van der Waals surface area contributed by atoms with Gasteiger partial charge >= 0.3 is 0 Å². The van der Waals surface area contributed by atoms with Gasteiger partial charge < -0.3 is 19.5 Å². The molecule has 3 aromatic carbocycles. The van der Waals surface area contributed by atoms with Gasteiger partial charge in [-0.2, -0.15) is 0 Å². The van der Waals surface area contributed by atoms with E-state index in [1.165, 1.54) is 65.6 Å². The fourth-order valence-electron chi connectivity index (χ4n) is 8.34. The number of fused-ring (bicyclic) bond motifs is 1. The first-order chi connectivity index (χ1) is 27.4. The smallest absolute Gasteiger partial charge is 0.293 e. The van der Waals surface area contributed by atoms with Gasteiger partial charge in [-0.25, -0.2) is 18.1 Å². The number of pyridine rings is 1. The largest absolute Gasteiger partial charge is 0.455 e. The number of sulfonamides is 1. The third-order valence-corrected chi connectivity index (χ3v) is 13.3. The second kappa shape index (κ2) is 15.5. The predicted octanol–water partition coefficient (Wildman–Crippen LogP) is 8.03. The van der Waals surface area contributed by atoms with E-state index in [1.54, 1.807) is 44.6 Å². The molecule has 0 bridgehead atoms. The van der Waals surface area contributed by atoms with Crippen LogP contribution in [0.1, 0.15) is 54.4 Å². The molecule has 1 aliphatic heterocycles.